The molecule has 0 fully saturated rings. The zero-order valence-corrected chi connectivity index (χ0v) is 11.7. The first-order valence-corrected chi connectivity index (χ1v) is 6.90. The number of aliphatic hydroxyl groups is 1. The van der Waals surface area contributed by atoms with Gasteiger partial charge in [0, 0.05) is 17.3 Å². The fraction of sp³-hybridized carbons (Fsp3) is 0.176. The minimum absolute atomic E-state index is 0.189. The normalized spacial score (nSPS) is 12.5. The van der Waals surface area contributed by atoms with E-state index in [1.165, 1.54) is 0 Å². The predicted octanol–water partition coefficient (Wildman–Crippen LogP) is 2.50. The van der Waals surface area contributed by atoms with Gasteiger partial charge in [0.15, 0.2) is 0 Å². The Hall–Kier alpha value is -2.46. The topological polar surface area (TPSA) is 62.2 Å². The van der Waals surface area contributed by atoms with Crippen LogP contribution in [0.3, 0.4) is 0 Å². The molecule has 2 aromatic carbocycles. The van der Waals surface area contributed by atoms with Crippen LogP contribution >= 0.6 is 0 Å². The van der Waals surface area contributed by atoms with Crippen molar-refractivity contribution in [2.24, 2.45) is 0 Å². The van der Waals surface area contributed by atoms with Gasteiger partial charge in [-0.1, -0.05) is 36.4 Å². The highest BCUT2D eigenvalue weighted by Crippen LogP contribution is 2.25. The van der Waals surface area contributed by atoms with Gasteiger partial charge in [-0.3, -0.25) is 4.79 Å². The molecule has 0 aliphatic heterocycles. The van der Waals surface area contributed by atoms with Crippen LogP contribution in [0.4, 0.5) is 0 Å². The Bertz CT molecular complexity index is 758. The van der Waals surface area contributed by atoms with Crippen LogP contribution in [0.2, 0.25) is 0 Å². The molecule has 2 N–H and O–H groups in total. The van der Waals surface area contributed by atoms with Crippen molar-refractivity contribution in [2.45, 2.75) is 13.0 Å². The van der Waals surface area contributed by atoms with Crippen LogP contribution in [0.15, 0.2) is 48.5 Å². The molecule has 1 aromatic heterocycles. The fourth-order valence-electron chi connectivity index (χ4n) is 2.41. The van der Waals surface area contributed by atoms with E-state index in [-0.39, 0.29) is 12.5 Å². The molecule has 0 saturated carbocycles. The zero-order chi connectivity index (χ0) is 14.8. The van der Waals surface area contributed by atoms with E-state index in [9.17, 15) is 9.90 Å². The van der Waals surface area contributed by atoms with Gasteiger partial charge in [0.1, 0.15) is 0 Å². The number of hydrogen-bond donors (Lipinski definition) is 2. The number of amides is 1. The van der Waals surface area contributed by atoms with Crippen molar-refractivity contribution in [3.05, 3.63) is 54.1 Å². The highest BCUT2D eigenvalue weighted by Gasteiger charge is 2.15. The Balaban J connectivity index is 2.22. The van der Waals surface area contributed by atoms with Crippen LogP contribution in [-0.4, -0.2) is 28.6 Å². The molecule has 4 nitrogen and oxygen atoms in total. The molecule has 0 radical (unpaired) electrons. The van der Waals surface area contributed by atoms with Crippen molar-refractivity contribution in [3.8, 4) is 0 Å². The van der Waals surface area contributed by atoms with E-state index >= 15 is 0 Å². The Labute approximate surface area is 122 Å². The van der Waals surface area contributed by atoms with Gasteiger partial charge in [0.2, 0.25) is 0 Å². The van der Waals surface area contributed by atoms with Crippen molar-refractivity contribution in [3.63, 3.8) is 0 Å². The summed E-state index contributed by atoms with van der Waals surface area (Å²) in [5.41, 5.74) is 2.19. The second-order valence-corrected chi connectivity index (χ2v) is 5.08. The molecule has 21 heavy (non-hydrogen) atoms. The molecule has 0 aliphatic carbocycles. The summed E-state index contributed by atoms with van der Waals surface area (Å²) < 4.78 is 0. The van der Waals surface area contributed by atoms with Gasteiger partial charge in [0.25, 0.3) is 5.91 Å². The van der Waals surface area contributed by atoms with Gasteiger partial charge in [-0.15, -0.1) is 0 Å². The van der Waals surface area contributed by atoms with Crippen molar-refractivity contribution in [2.75, 3.05) is 6.54 Å². The van der Waals surface area contributed by atoms with E-state index in [0.717, 1.165) is 21.8 Å². The molecule has 3 aromatic rings. The second-order valence-electron chi connectivity index (χ2n) is 5.08. The summed E-state index contributed by atoms with van der Waals surface area (Å²) >= 11 is 0. The molecular weight excluding hydrogens is 264 g/mol. The highest BCUT2D eigenvalue weighted by atomic mass is 16.3. The highest BCUT2D eigenvalue weighted by molar-refractivity contribution is 6.16. The molecule has 4 heteroatoms. The van der Waals surface area contributed by atoms with Gasteiger partial charge < -0.3 is 10.4 Å². The molecule has 1 atom stereocenters. The number of benzene rings is 2. The van der Waals surface area contributed by atoms with Gasteiger partial charge in [-0.25, -0.2) is 4.98 Å². The molecule has 1 heterocycles. The molecule has 1 amide bonds. The Morgan fingerprint density at radius 3 is 2.14 bits per heavy atom. The summed E-state index contributed by atoms with van der Waals surface area (Å²) in [6, 6.07) is 15.2. The van der Waals surface area contributed by atoms with Gasteiger partial charge >= 0.3 is 0 Å². The molecule has 0 bridgehead atoms. The van der Waals surface area contributed by atoms with Crippen LogP contribution < -0.4 is 5.32 Å². The smallest absolute Gasteiger partial charge is 0.252 e. The lowest BCUT2D eigenvalue weighted by molar-refractivity contribution is 0.0927. The largest absolute Gasteiger partial charge is 0.392 e. The van der Waals surface area contributed by atoms with Crippen LogP contribution in [0.25, 0.3) is 21.8 Å². The summed E-state index contributed by atoms with van der Waals surface area (Å²) in [4.78, 5) is 17.1. The number of para-hydroxylation sites is 2. The summed E-state index contributed by atoms with van der Waals surface area (Å²) in [6.07, 6.45) is -0.576. The van der Waals surface area contributed by atoms with Gasteiger partial charge in [0.05, 0.1) is 22.7 Å². The van der Waals surface area contributed by atoms with Crippen LogP contribution in [0.1, 0.15) is 17.3 Å². The average molecular weight is 280 g/mol. The first-order chi connectivity index (χ1) is 10.2. The van der Waals surface area contributed by atoms with E-state index in [1.54, 1.807) is 6.92 Å². The number of carbonyl (C=O) groups excluding carboxylic acids is 1. The maximum Gasteiger partial charge on any atom is 0.252 e. The molecule has 0 saturated heterocycles. The summed E-state index contributed by atoms with van der Waals surface area (Å²) in [5, 5.41) is 13.8. The summed E-state index contributed by atoms with van der Waals surface area (Å²) in [7, 11) is 0. The lowest BCUT2D eigenvalue weighted by Gasteiger charge is -2.12. The molecular formula is C17H16N2O2. The third kappa shape index (κ3) is 2.58. The number of nitrogens with zero attached hydrogens (tertiary/aromatic N) is 1. The summed E-state index contributed by atoms with van der Waals surface area (Å²) in [5.74, 6) is -0.189. The number of pyridine rings is 1. The van der Waals surface area contributed by atoms with E-state index in [2.05, 4.69) is 10.3 Å². The average Bonchev–Trinajstić information content (AvgIpc) is 2.50. The number of aliphatic hydroxyl groups excluding tert-OH is 1. The number of hydrogen-bond acceptors (Lipinski definition) is 3. The molecule has 3 rings (SSSR count). The lowest BCUT2D eigenvalue weighted by Crippen LogP contribution is -2.30. The fourth-order valence-corrected chi connectivity index (χ4v) is 2.41. The minimum Gasteiger partial charge on any atom is -0.392 e. The van der Waals surface area contributed by atoms with E-state index < -0.39 is 6.10 Å². The predicted molar refractivity (Wildman–Crippen MR) is 83.3 cm³/mol. The first kappa shape index (κ1) is 13.5. The molecule has 106 valence electrons. The van der Waals surface area contributed by atoms with E-state index in [0.29, 0.717) is 5.56 Å². The number of nitrogens with one attached hydrogen (secondary N) is 1. The maximum atomic E-state index is 12.5. The Morgan fingerprint density at radius 2 is 1.62 bits per heavy atom. The number of aromatic nitrogens is 1. The third-order valence-electron chi connectivity index (χ3n) is 3.37. The zero-order valence-electron chi connectivity index (χ0n) is 11.7. The SMILES string of the molecule is C[C@H](O)CNC(=O)c1c2ccccc2nc2ccccc12. The maximum absolute atomic E-state index is 12.5. The Kier molecular flexibility index (Phi) is 3.54. The first-order valence-electron chi connectivity index (χ1n) is 6.90. The van der Waals surface area contributed by atoms with Crippen molar-refractivity contribution in [1.29, 1.82) is 0 Å². The van der Waals surface area contributed by atoms with Crippen molar-refractivity contribution in [1.82, 2.24) is 10.3 Å². The molecule has 0 spiro atoms. The van der Waals surface area contributed by atoms with Crippen molar-refractivity contribution < 1.29 is 9.90 Å². The molecule has 0 unspecified atom stereocenters. The second kappa shape index (κ2) is 5.50. The van der Waals surface area contributed by atoms with Gasteiger partial charge in [-0.05, 0) is 19.1 Å². The van der Waals surface area contributed by atoms with Crippen LogP contribution in [0.5, 0.6) is 0 Å². The quantitative estimate of drug-likeness (QED) is 0.725. The number of carbonyl (C=O) groups is 1. The van der Waals surface area contributed by atoms with E-state index in [1.807, 2.05) is 48.5 Å². The van der Waals surface area contributed by atoms with Crippen LogP contribution in [-0.2, 0) is 0 Å². The summed E-state index contributed by atoms with van der Waals surface area (Å²) in [6.45, 7) is 1.87. The van der Waals surface area contributed by atoms with Gasteiger partial charge in [-0.2, -0.15) is 0 Å². The van der Waals surface area contributed by atoms with Crippen LogP contribution in [0, 0.1) is 0 Å². The minimum atomic E-state index is -0.576. The molecule has 0 aliphatic rings. The monoisotopic (exact) mass is 280 g/mol. The van der Waals surface area contributed by atoms with Crippen molar-refractivity contribution >= 4 is 27.7 Å². The number of rotatable bonds is 3. The Morgan fingerprint density at radius 1 is 1.10 bits per heavy atom. The van der Waals surface area contributed by atoms with E-state index in [4.69, 9.17) is 0 Å². The standard InChI is InChI=1S/C17H16N2O2/c1-11(20)10-18-17(21)16-12-6-2-4-8-14(12)19-15-9-5-3-7-13(15)16/h2-9,11,20H,10H2,1H3,(H,18,21)/t11-/m0/s1. The third-order valence-corrected chi connectivity index (χ3v) is 3.37. The number of fused-ring (bicyclic) bond motifs is 2. The lowest BCUT2D eigenvalue weighted by atomic mass is 10.0.